The molecule has 272 valence electrons. The van der Waals surface area contributed by atoms with Gasteiger partial charge < -0.3 is 9.32 Å². The van der Waals surface area contributed by atoms with Gasteiger partial charge in [-0.2, -0.15) is 0 Å². The van der Waals surface area contributed by atoms with E-state index in [1.807, 2.05) is 17.4 Å². The third-order valence-corrected chi connectivity index (χ3v) is 12.8. The van der Waals surface area contributed by atoms with Crippen molar-refractivity contribution in [1.82, 2.24) is 4.57 Å². The lowest BCUT2D eigenvalue weighted by Gasteiger charge is -2.26. The van der Waals surface area contributed by atoms with E-state index in [0.717, 1.165) is 55.9 Å². The number of para-hydroxylation sites is 2. The molecule has 0 N–H and O–H groups in total. The normalized spacial score (nSPS) is 11.8. The van der Waals surface area contributed by atoms with E-state index < -0.39 is 0 Å². The van der Waals surface area contributed by atoms with Crippen molar-refractivity contribution in [3.8, 4) is 27.9 Å². The molecule has 3 heterocycles. The van der Waals surface area contributed by atoms with Crippen molar-refractivity contribution in [3.63, 3.8) is 0 Å². The van der Waals surface area contributed by atoms with E-state index in [2.05, 4.69) is 210 Å². The van der Waals surface area contributed by atoms with E-state index in [-0.39, 0.29) is 0 Å². The van der Waals surface area contributed by atoms with Gasteiger partial charge in [0.2, 0.25) is 5.71 Å². The predicted molar refractivity (Wildman–Crippen MR) is 247 cm³/mol. The Morgan fingerprint density at radius 3 is 1.84 bits per heavy atom. The second-order valence-electron chi connectivity index (χ2n) is 14.9. The van der Waals surface area contributed by atoms with E-state index in [1.54, 1.807) is 0 Å². The number of hydrogen-bond donors (Lipinski definition) is 0. The highest BCUT2D eigenvalue weighted by Crippen LogP contribution is 2.47. The first kappa shape index (κ1) is 32.8. The highest BCUT2D eigenvalue weighted by molar-refractivity contribution is 7.26. The predicted octanol–water partition coefficient (Wildman–Crippen LogP) is 15.9. The Labute approximate surface area is 338 Å². The molecule has 0 unspecified atom stereocenters. The average Bonchev–Trinajstić information content (AvgIpc) is 3.96. The molecule has 0 aliphatic rings. The summed E-state index contributed by atoms with van der Waals surface area (Å²) in [6.07, 6.45) is 0. The van der Waals surface area contributed by atoms with Gasteiger partial charge in [-0.3, -0.25) is 4.57 Å². The summed E-state index contributed by atoms with van der Waals surface area (Å²) in [5.74, 6) is 0. The largest absolute Gasteiger partial charge is 0.439 e. The third kappa shape index (κ3) is 5.05. The van der Waals surface area contributed by atoms with Gasteiger partial charge in [0.15, 0.2) is 0 Å². The molecular weight excluding hydrogens is 725 g/mol. The molecule has 0 radical (unpaired) electrons. The Morgan fingerprint density at radius 1 is 0.431 bits per heavy atom. The second-order valence-corrected chi connectivity index (χ2v) is 15.9. The lowest BCUT2D eigenvalue weighted by molar-refractivity contribution is 0.645. The van der Waals surface area contributed by atoms with E-state index >= 15 is 0 Å². The average molecular weight is 759 g/mol. The molecule has 0 spiro atoms. The zero-order valence-electron chi connectivity index (χ0n) is 31.3. The van der Waals surface area contributed by atoms with Crippen LogP contribution in [-0.4, -0.2) is 4.57 Å². The first-order chi connectivity index (χ1) is 28.8. The van der Waals surface area contributed by atoms with Gasteiger partial charge in [-0.05, 0) is 93.7 Å². The summed E-state index contributed by atoms with van der Waals surface area (Å²) in [6.45, 7) is 0. The summed E-state index contributed by atoms with van der Waals surface area (Å²) >= 11 is 1.86. The van der Waals surface area contributed by atoms with Crippen LogP contribution in [0.1, 0.15) is 0 Å². The quantitative estimate of drug-likeness (QED) is 0.168. The highest BCUT2D eigenvalue weighted by atomic mass is 32.1. The molecule has 0 saturated heterocycles. The molecule has 12 rings (SSSR count). The van der Waals surface area contributed by atoms with Gasteiger partial charge in [0.1, 0.15) is 5.58 Å². The van der Waals surface area contributed by atoms with Crippen molar-refractivity contribution in [1.29, 1.82) is 0 Å². The van der Waals surface area contributed by atoms with Gasteiger partial charge in [0, 0.05) is 43.3 Å². The Morgan fingerprint density at radius 2 is 1.03 bits per heavy atom. The molecule has 0 fully saturated rings. The van der Waals surface area contributed by atoms with E-state index in [9.17, 15) is 0 Å². The van der Waals surface area contributed by atoms with Crippen LogP contribution in [-0.2, 0) is 0 Å². The Bertz CT molecular complexity index is 3500. The maximum atomic E-state index is 6.63. The molecule has 0 bridgehead atoms. The SMILES string of the molecule is c1ccc(-n2c3cccc(-c4ccc(N(c5ccc(-c6cccc7ccccc67)cc5)c5cccc6c5sc5ccccc56)cc4)c3c3c4ccccc4oc32)cc1. The van der Waals surface area contributed by atoms with Crippen molar-refractivity contribution in [2.45, 2.75) is 0 Å². The van der Waals surface area contributed by atoms with Crippen LogP contribution in [0.3, 0.4) is 0 Å². The van der Waals surface area contributed by atoms with Crippen LogP contribution < -0.4 is 4.90 Å². The fourth-order valence-corrected chi connectivity index (χ4v) is 10.2. The fourth-order valence-electron chi connectivity index (χ4n) is 9.00. The Balaban J connectivity index is 1.03. The van der Waals surface area contributed by atoms with Gasteiger partial charge in [-0.25, -0.2) is 0 Å². The summed E-state index contributed by atoms with van der Waals surface area (Å²) in [5, 5.41) is 8.52. The number of benzene rings is 9. The molecule has 3 aromatic heterocycles. The van der Waals surface area contributed by atoms with Gasteiger partial charge in [0.25, 0.3) is 0 Å². The lowest BCUT2D eigenvalue weighted by Crippen LogP contribution is -2.10. The van der Waals surface area contributed by atoms with Crippen LogP contribution in [0.4, 0.5) is 17.1 Å². The maximum Gasteiger partial charge on any atom is 0.213 e. The van der Waals surface area contributed by atoms with Crippen LogP contribution in [0.25, 0.3) is 91.9 Å². The van der Waals surface area contributed by atoms with Gasteiger partial charge in [-0.15, -0.1) is 11.3 Å². The van der Waals surface area contributed by atoms with Crippen LogP contribution in [0.15, 0.2) is 211 Å². The lowest BCUT2D eigenvalue weighted by atomic mass is 9.97. The number of furan rings is 1. The molecule has 9 aromatic carbocycles. The zero-order chi connectivity index (χ0) is 38.2. The van der Waals surface area contributed by atoms with Crippen LogP contribution in [0.5, 0.6) is 0 Å². The molecule has 12 aromatic rings. The third-order valence-electron chi connectivity index (χ3n) is 11.6. The van der Waals surface area contributed by atoms with E-state index in [1.165, 1.54) is 53.0 Å². The number of anilines is 3. The van der Waals surface area contributed by atoms with Gasteiger partial charge in [0.05, 0.1) is 21.3 Å². The maximum absolute atomic E-state index is 6.63. The van der Waals surface area contributed by atoms with Crippen molar-refractivity contribution >= 4 is 92.3 Å². The second kappa shape index (κ2) is 13.1. The van der Waals surface area contributed by atoms with Crippen molar-refractivity contribution in [2.24, 2.45) is 0 Å². The molecule has 58 heavy (non-hydrogen) atoms. The summed E-state index contributed by atoms with van der Waals surface area (Å²) in [5.41, 5.74) is 12.1. The molecule has 0 saturated carbocycles. The molecule has 0 aliphatic carbocycles. The summed E-state index contributed by atoms with van der Waals surface area (Å²) < 4.78 is 11.5. The molecule has 4 heteroatoms. The summed E-state index contributed by atoms with van der Waals surface area (Å²) in [6, 6.07) is 74.3. The van der Waals surface area contributed by atoms with E-state index in [4.69, 9.17) is 4.42 Å². The molecular formula is C54H34N2OS. The minimum atomic E-state index is 0.862. The first-order valence-electron chi connectivity index (χ1n) is 19.7. The highest BCUT2D eigenvalue weighted by Gasteiger charge is 2.23. The molecule has 3 nitrogen and oxygen atoms in total. The number of fused-ring (bicyclic) bond motifs is 9. The summed E-state index contributed by atoms with van der Waals surface area (Å²) in [4.78, 5) is 2.42. The van der Waals surface area contributed by atoms with Crippen molar-refractivity contribution in [2.75, 3.05) is 4.90 Å². The van der Waals surface area contributed by atoms with Crippen molar-refractivity contribution in [3.05, 3.63) is 206 Å². The van der Waals surface area contributed by atoms with Gasteiger partial charge in [-0.1, -0.05) is 146 Å². The minimum Gasteiger partial charge on any atom is -0.439 e. The van der Waals surface area contributed by atoms with Crippen LogP contribution in [0, 0.1) is 0 Å². The standard InChI is InChI=1S/C54H34N2OS/c1-2-15-38(16-3-1)56-47-23-11-21-43(51(47)52-46-19-6-8-25-49(46)57-54(52)56)37-29-33-40(34-30-37)55(48-24-12-22-45-44-18-7-9-26-50(44)58-53(45)48)39-31-27-36(28-32-39)42-20-10-14-35-13-4-5-17-41(35)42/h1-34H. The van der Waals surface area contributed by atoms with Crippen LogP contribution >= 0.6 is 11.3 Å². The Hall–Kier alpha value is -7.40. The fraction of sp³-hybridized carbons (Fsp3) is 0. The number of hydrogen-bond acceptors (Lipinski definition) is 3. The van der Waals surface area contributed by atoms with Crippen LogP contribution in [0.2, 0.25) is 0 Å². The van der Waals surface area contributed by atoms with Gasteiger partial charge >= 0.3 is 0 Å². The number of nitrogens with zero attached hydrogens (tertiary/aromatic N) is 2. The minimum absolute atomic E-state index is 0.862. The Kier molecular flexibility index (Phi) is 7.40. The monoisotopic (exact) mass is 758 g/mol. The molecule has 0 atom stereocenters. The number of thiophene rings is 1. The smallest absolute Gasteiger partial charge is 0.213 e. The summed E-state index contributed by atoms with van der Waals surface area (Å²) in [7, 11) is 0. The topological polar surface area (TPSA) is 21.3 Å². The molecule has 0 amide bonds. The molecule has 0 aliphatic heterocycles. The van der Waals surface area contributed by atoms with E-state index in [0.29, 0.717) is 0 Å². The first-order valence-corrected chi connectivity index (χ1v) is 20.5. The van der Waals surface area contributed by atoms with Crippen molar-refractivity contribution < 1.29 is 4.42 Å². The number of aromatic nitrogens is 1. The zero-order valence-corrected chi connectivity index (χ0v) is 32.2. The number of rotatable bonds is 6.